The fraction of sp³-hybridized carbons (Fsp3) is 0.500. The predicted octanol–water partition coefficient (Wildman–Crippen LogP) is 2.35. The van der Waals surface area contributed by atoms with Crippen LogP contribution in [0, 0.1) is 11.8 Å². The predicted molar refractivity (Wildman–Crippen MR) is 77.6 cm³/mol. The number of fused-ring (bicyclic) bond motifs is 1. The monoisotopic (exact) mass is 272 g/mol. The standard InChI is InChI=1S/C16H20N2O2/c1-10-3-2-4-12(10)9-17-16(20)11-5-6-14-13(7-11)8-15(19)18-14/h5-7,10,12H,2-4,8-9H2,1H3,(H,17,20)(H,18,19). The van der Waals surface area contributed by atoms with Crippen molar-refractivity contribution in [1.82, 2.24) is 5.32 Å². The summed E-state index contributed by atoms with van der Waals surface area (Å²) in [5.41, 5.74) is 2.39. The Morgan fingerprint density at radius 2 is 2.25 bits per heavy atom. The van der Waals surface area contributed by atoms with Crippen LogP contribution in [0.3, 0.4) is 0 Å². The van der Waals surface area contributed by atoms with Gasteiger partial charge in [0.1, 0.15) is 0 Å². The number of carbonyl (C=O) groups excluding carboxylic acids is 2. The maximum Gasteiger partial charge on any atom is 0.251 e. The lowest BCUT2D eigenvalue weighted by atomic mass is 9.98. The van der Waals surface area contributed by atoms with E-state index in [0.29, 0.717) is 23.8 Å². The molecule has 1 saturated carbocycles. The van der Waals surface area contributed by atoms with Crippen molar-refractivity contribution in [2.75, 3.05) is 11.9 Å². The zero-order chi connectivity index (χ0) is 14.1. The molecule has 20 heavy (non-hydrogen) atoms. The van der Waals surface area contributed by atoms with Crippen molar-refractivity contribution in [3.63, 3.8) is 0 Å². The molecule has 0 radical (unpaired) electrons. The van der Waals surface area contributed by atoms with Crippen molar-refractivity contribution in [2.24, 2.45) is 11.8 Å². The second-order valence-electron chi connectivity index (χ2n) is 5.98. The molecule has 1 aromatic carbocycles. The molecule has 1 aliphatic carbocycles. The first-order valence-corrected chi connectivity index (χ1v) is 7.34. The van der Waals surface area contributed by atoms with E-state index in [0.717, 1.165) is 17.8 Å². The molecule has 1 heterocycles. The van der Waals surface area contributed by atoms with Crippen molar-refractivity contribution >= 4 is 17.5 Å². The summed E-state index contributed by atoms with van der Waals surface area (Å²) < 4.78 is 0. The van der Waals surface area contributed by atoms with E-state index in [-0.39, 0.29) is 11.8 Å². The minimum atomic E-state index is -0.0359. The second-order valence-corrected chi connectivity index (χ2v) is 5.98. The topological polar surface area (TPSA) is 58.2 Å². The van der Waals surface area contributed by atoms with E-state index in [1.807, 2.05) is 12.1 Å². The Morgan fingerprint density at radius 1 is 1.40 bits per heavy atom. The molecule has 0 aromatic heterocycles. The summed E-state index contributed by atoms with van der Waals surface area (Å²) in [5, 5.41) is 5.80. The summed E-state index contributed by atoms with van der Waals surface area (Å²) in [6.45, 7) is 3.02. The molecule has 2 amide bonds. The zero-order valence-electron chi connectivity index (χ0n) is 11.7. The average molecular weight is 272 g/mol. The molecule has 2 aliphatic rings. The van der Waals surface area contributed by atoms with E-state index in [1.165, 1.54) is 19.3 Å². The van der Waals surface area contributed by atoms with Gasteiger partial charge in [-0.1, -0.05) is 19.8 Å². The number of rotatable bonds is 3. The summed E-state index contributed by atoms with van der Waals surface area (Å²) in [6, 6.07) is 5.41. The fourth-order valence-corrected chi connectivity index (χ4v) is 3.22. The van der Waals surface area contributed by atoms with Crippen LogP contribution in [-0.4, -0.2) is 18.4 Å². The van der Waals surface area contributed by atoms with Gasteiger partial charge in [0.2, 0.25) is 5.91 Å². The van der Waals surface area contributed by atoms with Gasteiger partial charge in [0, 0.05) is 17.8 Å². The van der Waals surface area contributed by atoms with E-state index >= 15 is 0 Å². The van der Waals surface area contributed by atoms with Crippen molar-refractivity contribution in [3.8, 4) is 0 Å². The van der Waals surface area contributed by atoms with Crippen LogP contribution in [0.15, 0.2) is 18.2 Å². The summed E-state index contributed by atoms with van der Waals surface area (Å²) in [4.78, 5) is 23.5. The van der Waals surface area contributed by atoms with Gasteiger partial charge in [-0.2, -0.15) is 0 Å². The van der Waals surface area contributed by atoms with Crippen LogP contribution in [0.1, 0.15) is 42.1 Å². The minimum Gasteiger partial charge on any atom is -0.352 e. The Bertz CT molecular complexity index is 553. The van der Waals surface area contributed by atoms with Crippen LogP contribution < -0.4 is 10.6 Å². The van der Waals surface area contributed by atoms with Crippen LogP contribution in [0.2, 0.25) is 0 Å². The van der Waals surface area contributed by atoms with Gasteiger partial charge in [0.25, 0.3) is 5.91 Å². The number of amides is 2. The Kier molecular flexibility index (Phi) is 3.47. The smallest absolute Gasteiger partial charge is 0.251 e. The van der Waals surface area contributed by atoms with Crippen LogP contribution >= 0.6 is 0 Å². The lowest BCUT2D eigenvalue weighted by Gasteiger charge is -2.16. The molecule has 4 heteroatoms. The summed E-state index contributed by atoms with van der Waals surface area (Å²) >= 11 is 0. The molecule has 2 unspecified atom stereocenters. The van der Waals surface area contributed by atoms with E-state index in [1.54, 1.807) is 6.07 Å². The van der Waals surface area contributed by atoms with Gasteiger partial charge in [-0.05, 0) is 42.0 Å². The van der Waals surface area contributed by atoms with Gasteiger partial charge in [0.15, 0.2) is 0 Å². The first-order valence-electron chi connectivity index (χ1n) is 7.34. The first kappa shape index (κ1) is 13.2. The van der Waals surface area contributed by atoms with E-state index < -0.39 is 0 Å². The number of nitrogens with one attached hydrogen (secondary N) is 2. The number of anilines is 1. The molecule has 0 saturated heterocycles. The van der Waals surface area contributed by atoms with Crippen molar-refractivity contribution < 1.29 is 9.59 Å². The number of hydrogen-bond acceptors (Lipinski definition) is 2. The third kappa shape index (κ3) is 2.55. The molecule has 0 bridgehead atoms. The third-order valence-corrected chi connectivity index (χ3v) is 4.56. The molecule has 1 fully saturated rings. The third-order valence-electron chi connectivity index (χ3n) is 4.56. The highest BCUT2D eigenvalue weighted by Gasteiger charge is 2.24. The summed E-state index contributed by atoms with van der Waals surface area (Å²) in [6.07, 6.45) is 4.13. The molecule has 0 spiro atoms. The number of benzene rings is 1. The highest BCUT2D eigenvalue weighted by Crippen LogP contribution is 2.30. The van der Waals surface area contributed by atoms with Gasteiger partial charge in [-0.3, -0.25) is 9.59 Å². The molecule has 3 rings (SSSR count). The zero-order valence-corrected chi connectivity index (χ0v) is 11.7. The highest BCUT2D eigenvalue weighted by atomic mass is 16.2. The van der Waals surface area contributed by atoms with E-state index in [9.17, 15) is 9.59 Å². The van der Waals surface area contributed by atoms with Crippen LogP contribution in [0.4, 0.5) is 5.69 Å². The van der Waals surface area contributed by atoms with Crippen molar-refractivity contribution in [2.45, 2.75) is 32.6 Å². The Balaban J connectivity index is 1.63. The van der Waals surface area contributed by atoms with Gasteiger partial charge < -0.3 is 10.6 Å². The maximum absolute atomic E-state index is 12.2. The van der Waals surface area contributed by atoms with E-state index in [4.69, 9.17) is 0 Å². The SMILES string of the molecule is CC1CCCC1CNC(=O)c1ccc2c(c1)CC(=O)N2. The Hall–Kier alpha value is -1.84. The molecule has 1 aliphatic heterocycles. The van der Waals surface area contributed by atoms with Gasteiger partial charge >= 0.3 is 0 Å². The Morgan fingerprint density at radius 3 is 3.00 bits per heavy atom. The average Bonchev–Trinajstić information content (AvgIpc) is 2.99. The fourth-order valence-electron chi connectivity index (χ4n) is 3.22. The molecule has 1 aromatic rings. The normalized spacial score (nSPS) is 24.4. The number of hydrogen-bond donors (Lipinski definition) is 2. The lowest BCUT2D eigenvalue weighted by Crippen LogP contribution is -2.30. The second kappa shape index (κ2) is 5.27. The van der Waals surface area contributed by atoms with Gasteiger partial charge in [-0.15, -0.1) is 0 Å². The van der Waals surface area contributed by atoms with Crippen LogP contribution in [0.25, 0.3) is 0 Å². The van der Waals surface area contributed by atoms with Crippen LogP contribution in [0.5, 0.6) is 0 Å². The van der Waals surface area contributed by atoms with E-state index in [2.05, 4.69) is 17.6 Å². The quantitative estimate of drug-likeness (QED) is 0.887. The van der Waals surface area contributed by atoms with Crippen molar-refractivity contribution in [1.29, 1.82) is 0 Å². The molecule has 2 N–H and O–H groups in total. The highest BCUT2D eigenvalue weighted by molar-refractivity contribution is 6.01. The van der Waals surface area contributed by atoms with Crippen LogP contribution in [-0.2, 0) is 11.2 Å². The molecule has 4 nitrogen and oxygen atoms in total. The summed E-state index contributed by atoms with van der Waals surface area (Å²) in [7, 11) is 0. The first-order chi connectivity index (χ1) is 9.63. The minimum absolute atomic E-state index is 0.00246. The molecule has 2 atom stereocenters. The largest absolute Gasteiger partial charge is 0.352 e. The summed E-state index contributed by atoms with van der Waals surface area (Å²) in [5.74, 6) is 1.28. The molecule has 106 valence electrons. The Labute approximate surface area is 118 Å². The van der Waals surface area contributed by atoms with Gasteiger partial charge in [-0.25, -0.2) is 0 Å². The van der Waals surface area contributed by atoms with Gasteiger partial charge in [0.05, 0.1) is 6.42 Å². The maximum atomic E-state index is 12.2. The number of carbonyl (C=O) groups is 2. The molecular formula is C16H20N2O2. The lowest BCUT2D eigenvalue weighted by molar-refractivity contribution is -0.115. The molecular weight excluding hydrogens is 252 g/mol. The van der Waals surface area contributed by atoms with Crippen molar-refractivity contribution in [3.05, 3.63) is 29.3 Å².